The predicted molar refractivity (Wildman–Crippen MR) is 99.5 cm³/mol. The molecule has 1 amide bonds. The first kappa shape index (κ1) is 17.2. The van der Waals surface area contributed by atoms with Gasteiger partial charge in [0.05, 0.1) is 33.3 Å². The van der Waals surface area contributed by atoms with E-state index in [4.69, 9.17) is 4.74 Å². The number of methoxy groups -OCH3 is 1. The fraction of sp³-hybridized carbons (Fsp3) is 0.286. The van der Waals surface area contributed by atoms with Gasteiger partial charge in [-0.3, -0.25) is 4.79 Å². The molecule has 4 heteroatoms. The van der Waals surface area contributed by atoms with Crippen molar-refractivity contribution in [2.75, 3.05) is 33.3 Å². The molecule has 0 unspecified atom stereocenters. The maximum absolute atomic E-state index is 12.3. The Balaban J connectivity index is 1.47. The highest BCUT2D eigenvalue weighted by atomic mass is 16.5. The van der Waals surface area contributed by atoms with Gasteiger partial charge in [0.25, 0.3) is 0 Å². The first-order valence-electron chi connectivity index (χ1n) is 8.73. The van der Waals surface area contributed by atoms with Crippen LogP contribution < -0.4 is 9.64 Å². The number of piperazine rings is 1. The minimum absolute atomic E-state index is 0.104. The van der Waals surface area contributed by atoms with Gasteiger partial charge in [-0.15, -0.1) is 0 Å². The van der Waals surface area contributed by atoms with Crippen LogP contribution >= 0.6 is 0 Å². The second-order valence-corrected chi connectivity index (χ2v) is 6.34. The number of hydrogen-bond donors (Lipinski definition) is 1. The fourth-order valence-electron chi connectivity index (χ4n) is 3.09. The van der Waals surface area contributed by atoms with Crippen molar-refractivity contribution in [3.8, 4) is 5.75 Å². The van der Waals surface area contributed by atoms with Crippen LogP contribution in [0, 0.1) is 0 Å². The summed E-state index contributed by atoms with van der Waals surface area (Å²) >= 11 is 0. The average molecular weight is 337 g/mol. The summed E-state index contributed by atoms with van der Waals surface area (Å²) in [6, 6.07) is 18.2. The van der Waals surface area contributed by atoms with Crippen molar-refractivity contribution in [2.24, 2.45) is 0 Å². The minimum atomic E-state index is 0.104. The summed E-state index contributed by atoms with van der Waals surface area (Å²) in [5, 5.41) is 0. The molecule has 1 aliphatic rings. The van der Waals surface area contributed by atoms with Gasteiger partial charge >= 0.3 is 0 Å². The molecular weight excluding hydrogens is 312 g/mol. The Morgan fingerprint density at radius 3 is 2.40 bits per heavy atom. The second-order valence-electron chi connectivity index (χ2n) is 6.34. The van der Waals surface area contributed by atoms with Crippen LogP contribution in [0.1, 0.15) is 11.1 Å². The lowest BCUT2D eigenvalue weighted by molar-refractivity contribution is -0.917. The SMILES string of the molecule is COc1ccc(C[NH+]2CCN(C(=O)/C=C/c3ccccc3)CC2)cc1. The van der Waals surface area contributed by atoms with Crippen molar-refractivity contribution in [3.63, 3.8) is 0 Å². The monoisotopic (exact) mass is 337 g/mol. The molecule has 2 aromatic carbocycles. The number of nitrogens with zero attached hydrogens (tertiary/aromatic N) is 1. The van der Waals surface area contributed by atoms with Crippen LogP contribution in [0.3, 0.4) is 0 Å². The van der Waals surface area contributed by atoms with Crippen LogP contribution in [-0.4, -0.2) is 44.1 Å². The highest BCUT2D eigenvalue weighted by Crippen LogP contribution is 2.10. The van der Waals surface area contributed by atoms with E-state index in [9.17, 15) is 4.79 Å². The normalized spacial score (nSPS) is 15.5. The van der Waals surface area contributed by atoms with Crippen molar-refractivity contribution < 1.29 is 14.4 Å². The van der Waals surface area contributed by atoms with Crippen molar-refractivity contribution in [1.82, 2.24) is 4.90 Å². The quantitative estimate of drug-likeness (QED) is 0.842. The van der Waals surface area contributed by atoms with Crippen LogP contribution in [0.15, 0.2) is 60.7 Å². The van der Waals surface area contributed by atoms with E-state index < -0.39 is 0 Å². The average Bonchev–Trinajstić information content (AvgIpc) is 2.68. The molecule has 0 radical (unpaired) electrons. The summed E-state index contributed by atoms with van der Waals surface area (Å²) in [7, 11) is 1.68. The summed E-state index contributed by atoms with van der Waals surface area (Å²) in [6.45, 7) is 4.58. The topological polar surface area (TPSA) is 34.0 Å². The number of amides is 1. The molecule has 0 bridgehead atoms. The number of carbonyl (C=O) groups excluding carboxylic acids is 1. The van der Waals surface area contributed by atoms with Gasteiger partial charge in [-0.05, 0) is 35.9 Å². The Kier molecular flexibility index (Phi) is 5.86. The predicted octanol–water partition coefficient (Wildman–Crippen LogP) is 1.64. The molecule has 0 saturated carbocycles. The van der Waals surface area contributed by atoms with Crippen LogP contribution in [0.2, 0.25) is 0 Å². The summed E-state index contributed by atoms with van der Waals surface area (Å²) in [6.07, 6.45) is 3.57. The Bertz CT molecular complexity index is 702. The van der Waals surface area contributed by atoms with E-state index in [2.05, 4.69) is 12.1 Å². The maximum Gasteiger partial charge on any atom is 0.246 e. The number of rotatable bonds is 5. The number of benzene rings is 2. The molecule has 0 atom stereocenters. The fourth-order valence-corrected chi connectivity index (χ4v) is 3.09. The van der Waals surface area contributed by atoms with Gasteiger partial charge in [0.15, 0.2) is 0 Å². The molecular formula is C21H25N2O2+. The minimum Gasteiger partial charge on any atom is -0.497 e. The van der Waals surface area contributed by atoms with E-state index in [-0.39, 0.29) is 5.91 Å². The summed E-state index contributed by atoms with van der Waals surface area (Å²) in [5.41, 5.74) is 2.36. The van der Waals surface area contributed by atoms with Gasteiger partial charge in [-0.1, -0.05) is 30.3 Å². The number of hydrogen-bond acceptors (Lipinski definition) is 2. The molecule has 1 saturated heterocycles. The summed E-state index contributed by atoms with van der Waals surface area (Å²) in [4.78, 5) is 15.8. The van der Waals surface area contributed by atoms with Gasteiger partial charge in [0.2, 0.25) is 5.91 Å². The molecule has 1 N–H and O–H groups in total. The van der Waals surface area contributed by atoms with E-state index >= 15 is 0 Å². The van der Waals surface area contributed by atoms with Crippen molar-refractivity contribution in [1.29, 1.82) is 0 Å². The van der Waals surface area contributed by atoms with Crippen LogP contribution in [-0.2, 0) is 11.3 Å². The van der Waals surface area contributed by atoms with E-state index in [0.717, 1.165) is 44.0 Å². The van der Waals surface area contributed by atoms with Crippen molar-refractivity contribution in [3.05, 3.63) is 71.8 Å². The molecule has 25 heavy (non-hydrogen) atoms. The number of nitrogens with one attached hydrogen (secondary N) is 1. The molecule has 1 heterocycles. The van der Waals surface area contributed by atoms with Crippen molar-refractivity contribution in [2.45, 2.75) is 6.54 Å². The molecule has 2 aromatic rings. The molecule has 0 aromatic heterocycles. The number of ether oxygens (including phenoxy) is 1. The standard InChI is InChI=1S/C21H24N2O2/c1-25-20-10-7-19(8-11-20)17-22-13-15-23(16-14-22)21(24)12-9-18-5-3-2-4-6-18/h2-12H,13-17H2,1H3/p+1/b12-9+. The van der Waals surface area contributed by atoms with Gasteiger partial charge in [0.1, 0.15) is 12.3 Å². The van der Waals surface area contributed by atoms with E-state index in [1.807, 2.05) is 53.4 Å². The Morgan fingerprint density at radius 2 is 1.76 bits per heavy atom. The summed E-state index contributed by atoms with van der Waals surface area (Å²) < 4.78 is 5.20. The van der Waals surface area contributed by atoms with Gasteiger partial charge in [0, 0.05) is 11.6 Å². The van der Waals surface area contributed by atoms with Gasteiger partial charge in [-0.2, -0.15) is 0 Å². The first-order valence-corrected chi connectivity index (χ1v) is 8.73. The zero-order valence-corrected chi connectivity index (χ0v) is 14.7. The van der Waals surface area contributed by atoms with Crippen molar-refractivity contribution >= 4 is 12.0 Å². The second kappa shape index (κ2) is 8.49. The lowest BCUT2D eigenvalue weighted by Gasteiger charge is -2.31. The zero-order valence-electron chi connectivity index (χ0n) is 14.7. The third-order valence-corrected chi connectivity index (χ3v) is 4.61. The molecule has 3 rings (SSSR count). The smallest absolute Gasteiger partial charge is 0.246 e. The molecule has 1 aliphatic heterocycles. The Morgan fingerprint density at radius 1 is 1.08 bits per heavy atom. The maximum atomic E-state index is 12.3. The highest BCUT2D eigenvalue weighted by molar-refractivity contribution is 5.91. The largest absolute Gasteiger partial charge is 0.497 e. The number of quaternary nitrogens is 1. The van der Waals surface area contributed by atoms with E-state index in [0.29, 0.717) is 0 Å². The highest BCUT2D eigenvalue weighted by Gasteiger charge is 2.22. The third kappa shape index (κ3) is 4.94. The van der Waals surface area contributed by atoms with Gasteiger partial charge < -0.3 is 14.5 Å². The summed E-state index contributed by atoms with van der Waals surface area (Å²) in [5.74, 6) is 0.992. The number of carbonyl (C=O) groups is 1. The van der Waals surface area contributed by atoms with Gasteiger partial charge in [-0.25, -0.2) is 0 Å². The lowest BCUT2D eigenvalue weighted by atomic mass is 10.2. The first-order chi connectivity index (χ1) is 12.2. The molecule has 0 aliphatic carbocycles. The molecule has 4 nitrogen and oxygen atoms in total. The van der Waals surface area contributed by atoms with E-state index in [1.54, 1.807) is 13.2 Å². The zero-order chi connectivity index (χ0) is 17.5. The molecule has 130 valence electrons. The Labute approximate surface area is 149 Å². The van der Waals surface area contributed by atoms with Crippen LogP contribution in [0.25, 0.3) is 6.08 Å². The third-order valence-electron chi connectivity index (χ3n) is 4.61. The molecule has 0 spiro atoms. The van der Waals surface area contributed by atoms with Crippen LogP contribution in [0.4, 0.5) is 0 Å². The molecule has 1 fully saturated rings. The Hall–Kier alpha value is -2.59. The van der Waals surface area contributed by atoms with Crippen LogP contribution in [0.5, 0.6) is 5.75 Å². The van der Waals surface area contributed by atoms with E-state index in [1.165, 1.54) is 10.5 Å². The lowest BCUT2D eigenvalue weighted by Crippen LogP contribution is -3.13.